The summed E-state index contributed by atoms with van der Waals surface area (Å²) in [6.07, 6.45) is 1.21. The first-order valence-electron chi connectivity index (χ1n) is 4.41. The van der Waals surface area contributed by atoms with Gasteiger partial charge in [-0.15, -0.1) is 0 Å². The number of ether oxygens (including phenoxy) is 1. The highest BCUT2D eigenvalue weighted by Gasteiger charge is 2.30. The van der Waals surface area contributed by atoms with Crippen molar-refractivity contribution >= 4 is 0 Å². The van der Waals surface area contributed by atoms with Crippen molar-refractivity contribution < 1.29 is 4.74 Å². The standard InChI is InChI=1S/C9H19NO/c1-7(2)5-8-6-11-9(3,4)10-8/h7-8,10H,5-6H2,1-4H3/t8-/m0/s1. The van der Waals surface area contributed by atoms with Gasteiger partial charge in [-0.05, 0) is 26.2 Å². The fourth-order valence-electron chi connectivity index (χ4n) is 1.58. The molecule has 1 N–H and O–H groups in total. The molecular formula is C9H19NO. The Hall–Kier alpha value is -0.0800. The molecule has 1 saturated heterocycles. The Morgan fingerprint density at radius 3 is 2.55 bits per heavy atom. The van der Waals surface area contributed by atoms with Crippen molar-refractivity contribution in [2.75, 3.05) is 6.61 Å². The van der Waals surface area contributed by atoms with Crippen LogP contribution in [-0.4, -0.2) is 18.4 Å². The number of nitrogens with one attached hydrogen (secondary N) is 1. The molecule has 0 aromatic carbocycles. The van der Waals surface area contributed by atoms with Crippen molar-refractivity contribution in [1.29, 1.82) is 0 Å². The van der Waals surface area contributed by atoms with Gasteiger partial charge in [0.2, 0.25) is 0 Å². The van der Waals surface area contributed by atoms with Crippen molar-refractivity contribution in [2.24, 2.45) is 5.92 Å². The highest BCUT2D eigenvalue weighted by molar-refractivity contribution is 4.82. The van der Waals surface area contributed by atoms with Crippen molar-refractivity contribution in [3.63, 3.8) is 0 Å². The zero-order chi connectivity index (χ0) is 8.48. The van der Waals surface area contributed by atoms with Crippen LogP contribution >= 0.6 is 0 Å². The second-order valence-electron chi connectivity index (χ2n) is 4.29. The lowest BCUT2D eigenvalue weighted by Crippen LogP contribution is -2.38. The smallest absolute Gasteiger partial charge is 0.113 e. The zero-order valence-electron chi connectivity index (χ0n) is 7.98. The molecule has 1 heterocycles. The molecule has 1 aliphatic heterocycles. The van der Waals surface area contributed by atoms with E-state index < -0.39 is 0 Å². The van der Waals surface area contributed by atoms with E-state index in [1.807, 2.05) is 0 Å². The maximum Gasteiger partial charge on any atom is 0.113 e. The molecule has 0 aromatic heterocycles. The van der Waals surface area contributed by atoms with E-state index in [2.05, 4.69) is 33.0 Å². The second-order valence-corrected chi connectivity index (χ2v) is 4.29. The summed E-state index contributed by atoms with van der Waals surface area (Å²) < 4.78 is 5.54. The summed E-state index contributed by atoms with van der Waals surface area (Å²) in [5, 5.41) is 3.44. The van der Waals surface area contributed by atoms with Gasteiger partial charge in [0, 0.05) is 6.04 Å². The Kier molecular flexibility index (Phi) is 2.55. The molecule has 1 atom stereocenters. The van der Waals surface area contributed by atoms with E-state index in [0.29, 0.717) is 6.04 Å². The summed E-state index contributed by atoms with van der Waals surface area (Å²) in [6, 6.07) is 0.560. The Bertz CT molecular complexity index is 132. The zero-order valence-corrected chi connectivity index (χ0v) is 7.98. The van der Waals surface area contributed by atoms with Gasteiger partial charge in [0.05, 0.1) is 6.61 Å². The Morgan fingerprint density at radius 1 is 1.55 bits per heavy atom. The molecule has 1 aliphatic rings. The molecule has 11 heavy (non-hydrogen) atoms. The quantitative estimate of drug-likeness (QED) is 0.659. The first-order chi connectivity index (χ1) is 4.99. The third-order valence-electron chi connectivity index (χ3n) is 1.95. The summed E-state index contributed by atoms with van der Waals surface area (Å²) >= 11 is 0. The lowest BCUT2D eigenvalue weighted by atomic mass is 10.0. The van der Waals surface area contributed by atoms with Crippen LogP contribution in [0.15, 0.2) is 0 Å². The molecule has 0 aliphatic carbocycles. The van der Waals surface area contributed by atoms with Gasteiger partial charge in [0.15, 0.2) is 0 Å². The normalized spacial score (nSPS) is 29.7. The summed E-state index contributed by atoms with van der Waals surface area (Å²) in [4.78, 5) is 0. The molecule has 0 saturated carbocycles. The predicted molar refractivity (Wildman–Crippen MR) is 46.4 cm³/mol. The van der Waals surface area contributed by atoms with Crippen LogP contribution in [0.4, 0.5) is 0 Å². The molecule has 1 rings (SSSR count). The third-order valence-corrected chi connectivity index (χ3v) is 1.95. The molecule has 1 fully saturated rings. The largest absolute Gasteiger partial charge is 0.360 e. The fourth-order valence-corrected chi connectivity index (χ4v) is 1.58. The molecule has 2 heteroatoms. The monoisotopic (exact) mass is 157 g/mol. The Balaban J connectivity index is 2.31. The summed E-state index contributed by atoms with van der Waals surface area (Å²) in [5.74, 6) is 0.755. The van der Waals surface area contributed by atoms with Gasteiger partial charge in [-0.1, -0.05) is 13.8 Å². The number of rotatable bonds is 2. The summed E-state index contributed by atoms with van der Waals surface area (Å²) in [6.45, 7) is 9.51. The van der Waals surface area contributed by atoms with Crippen molar-refractivity contribution in [3.8, 4) is 0 Å². The van der Waals surface area contributed by atoms with Crippen molar-refractivity contribution in [3.05, 3.63) is 0 Å². The maximum atomic E-state index is 5.54. The minimum atomic E-state index is -0.0977. The number of hydrogen-bond acceptors (Lipinski definition) is 2. The van der Waals surface area contributed by atoms with Crippen LogP contribution in [0.1, 0.15) is 34.1 Å². The Labute approximate surface area is 69.3 Å². The SMILES string of the molecule is CC(C)C[C@H]1COC(C)(C)N1. The first-order valence-corrected chi connectivity index (χ1v) is 4.41. The van der Waals surface area contributed by atoms with Crippen LogP contribution in [0.5, 0.6) is 0 Å². The van der Waals surface area contributed by atoms with Gasteiger partial charge in [0.25, 0.3) is 0 Å². The van der Waals surface area contributed by atoms with Crippen LogP contribution in [0.25, 0.3) is 0 Å². The molecule has 0 bridgehead atoms. The van der Waals surface area contributed by atoms with E-state index in [-0.39, 0.29) is 5.72 Å². The van der Waals surface area contributed by atoms with Gasteiger partial charge in [0.1, 0.15) is 5.72 Å². The molecule has 0 aromatic rings. The first kappa shape index (κ1) is 9.01. The van der Waals surface area contributed by atoms with E-state index in [1.54, 1.807) is 0 Å². The van der Waals surface area contributed by atoms with E-state index in [4.69, 9.17) is 4.74 Å². The number of hydrogen-bond donors (Lipinski definition) is 1. The summed E-state index contributed by atoms with van der Waals surface area (Å²) in [7, 11) is 0. The van der Waals surface area contributed by atoms with E-state index >= 15 is 0 Å². The van der Waals surface area contributed by atoms with Crippen LogP contribution in [-0.2, 0) is 4.74 Å². The predicted octanol–water partition coefficient (Wildman–Crippen LogP) is 1.76. The lowest BCUT2D eigenvalue weighted by molar-refractivity contribution is 0.0231. The maximum absolute atomic E-state index is 5.54. The van der Waals surface area contributed by atoms with E-state index in [1.165, 1.54) is 6.42 Å². The van der Waals surface area contributed by atoms with Crippen molar-refractivity contribution in [2.45, 2.75) is 45.9 Å². The van der Waals surface area contributed by atoms with Gasteiger partial charge in [-0.25, -0.2) is 0 Å². The molecule has 2 nitrogen and oxygen atoms in total. The van der Waals surface area contributed by atoms with Crippen LogP contribution in [0.2, 0.25) is 0 Å². The topological polar surface area (TPSA) is 21.3 Å². The Morgan fingerprint density at radius 2 is 2.18 bits per heavy atom. The van der Waals surface area contributed by atoms with Crippen LogP contribution in [0, 0.1) is 5.92 Å². The lowest BCUT2D eigenvalue weighted by Gasteiger charge is -2.18. The van der Waals surface area contributed by atoms with Crippen LogP contribution in [0.3, 0.4) is 0 Å². The average molecular weight is 157 g/mol. The van der Waals surface area contributed by atoms with Gasteiger partial charge >= 0.3 is 0 Å². The van der Waals surface area contributed by atoms with E-state index in [9.17, 15) is 0 Å². The highest BCUT2D eigenvalue weighted by atomic mass is 16.5. The van der Waals surface area contributed by atoms with Gasteiger partial charge in [-0.3, -0.25) is 5.32 Å². The molecular weight excluding hydrogens is 138 g/mol. The average Bonchev–Trinajstić information content (AvgIpc) is 2.08. The molecule has 0 radical (unpaired) electrons. The molecule has 66 valence electrons. The summed E-state index contributed by atoms with van der Waals surface area (Å²) in [5.41, 5.74) is -0.0977. The van der Waals surface area contributed by atoms with Crippen molar-refractivity contribution in [1.82, 2.24) is 5.32 Å². The third kappa shape index (κ3) is 2.80. The highest BCUT2D eigenvalue weighted by Crippen LogP contribution is 2.18. The molecule has 0 amide bonds. The fraction of sp³-hybridized carbons (Fsp3) is 1.00. The minimum Gasteiger partial charge on any atom is -0.360 e. The van der Waals surface area contributed by atoms with E-state index in [0.717, 1.165) is 12.5 Å². The second kappa shape index (κ2) is 3.11. The van der Waals surface area contributed by atoms with Crippen LogP contribution < -0.4 is 5.32 Å². The minimum absolute atomic E-state index is 0.0977. The van der Waals surface area contributed by atoms with Gasteiger partial charge in [-0.2, -0.15) is 0 Å². The molecule has 0 spiro atoms. The molecule has 0 unspecified atom stereocenters. The van der Waals surface area contributed by atoms with Gasteiger partial charge < -0.3 is 4.74 Å².